The van der Waals surface area contributed by atoms with Gasteiger partial charge in [-0.25, -0.2) is 0 Å². The summed E-state index contributed by atoms with van der Waals surface area (Å²) in [6.07, 6.45) is 5.74. The topological polar surface area (TPSA) is 32.8 Å². The molecule has 1 amide bonds. The maximum atomic E-state index is 12.3. The molecule has 23 heavy (non-hydrogen) atoms. The Balaban J connectivity index is 1.24. The minimum absolute atomic E-state index is 0.112. The van der Waals surface area contributed by atoms with Gasteiger partial charge in [-0.2, -0.15) is 0 Å². The van der Waals surface area contributed by atoms with Gasteiger partial charge in [-0.3, -0.25) is 9.69 Å². The van der Waals surface area contributed by atoms with E-state index in [0.29, 0.717) is 0 Å². The van der Waals surface area contributed by atoms with Gasteiger partial charge in [0.05, 0.1) is 0 Å². The van der Waals surface area contributed by atoms with Gasteiger partial charge in [0.2, 0.25) is 0 Å². The zero-order valence-electron chi connectivity index (χ0n) is 13.7. The Hall–Kier alpha value is -1.55. The van der Waals surface area contributed by atoms with Crippen LogP contribution in [-0.4, -0.2) is 54.5 Å². The van der Waals surface area contributed by atoms with Crippen molar-refractivity contribution in [2.45, 2.75) is 31.7 Å². The lowest BCUT2D eigenvalue weighted by Crippen LogP contribution is -2.53. The molecule has 4 rings (SSSR count). The Labute approximate surface area is 138 Å². The molecule has 0 aromatic heterocycles. The molecule has 2 aliphatic carbocycles. The van der Waals surface area contributed by atoms with Crippen molar-refractivity contribution in [1.82, 2.24) is 9.80 Å². The van der Waals surface area contributed by atoms with Crippen LogP contribution in [0.1, 0.15) is 25.7 Å². The summed E-state index contributed by atoms with van der Waals surface area (Å²) in [7, 11) is 0. The predicted octanol–water partition coefficient (Wildman–Crippen LogP) is 2.40. The molecule has 1 heterocycles. The first-order chi connectivity index (χ1) is 11.3. The average Bonchev–Trinajstić information content (AvgIpc) is 3.24. The van der Waals surface area contributed by atoms with E-state index >= 15 is 0 Å². The number of nitrogens with zero attached hydrogens (tertiary/aromatic N) is 2. The number of amides is 1. The first-order valence-corrected chi connectivity index (χ1v) is 8.99. The number of carbonyl (C=O) groups is 1. The van der Waals surface area contributed by atoms with Gasteiger partial charge in [0.25, 0.3) is 5.91 Å². The third-order valence-electron chi connectivity index (χ3n) is 5.94. The van der Waals surface area contributed by atoms with Crippen LogP contribution in [-0.2, 0) is 4.79 Å². The lowest BCUT2D eigenvalue weighted by Gasteiger charge is -2.41. The number of hydrogen-bond donors (Lipinski definition) is 0. The average molecular weight is 314 g/mol. The van der Waals surface area contributed by atoms with Crippen molar-refractivity contribution in [3.8, 4) is 5.75 Å². The normalized spacial score (nSPS) is 30.6. The van der Waals surface area contributed by atoms with E-state index in [1.807, 2.05) is 35.2 Å². The van der Waals surface area contributed by atoms with Gasteiger partial charge in [-0.15, -0.1) is 0 Å². The maximum Gasteiger partial charge on any atom is 0.260 e. The van der Waals surface area contributed by atoms with E-state index in [4.69, 9.17) is 4.74 Å². The van der Waals surface area contributed by atoms with E-state index in [1.54, 1.807) is 0 Å². The summed E-state index contributed by atoms with van der Waals surface area (Å²) in [5.74, 6) is 2.80. The zero-order chi connectivity index (χ0) is 15.6. The Morgan fingerprint density at radius 1 is 1.04 bits per heavy atom. The first-order valence-electron chi connectivity index (χ1n) is 8.99. The van der Waals surface area contributed by atoms with Crippen LogP contribution in [0.3, 0.4) is 0 Å². The Morgan fingerprint density at radius 3 is 2.48 bits per heavy atom. The molecule has 1 aliphatic heterocycles. The highest BCUT2D eigenvalue weighted by Gasteiger charge is 2.42. The number of piperazine rings is 1. The summed E-state index contributed by atoms with van der Waals surface area (Å²) in [5, 5.41) is 0. The smallest absolute Gasteiger partial charge is 0.260 e. The molecule has 124 valence electrons. The first kappa shape index (κ1) is 15.0. The summed E-state index contributed by atoms with van der Waals surface area (Å²) in [6.45, 7) is 3.92. The number of rotatable bonds is 4. The highest BCUT2D eigenvalue weighted by molar-refractivity contribution is 5.77. The Kier molecular flexibility index (Phi) is 4.25. The van der Waals surface area contributed by atoms with Crippen LogP contribution in [0.2, 0.25) is 0 Å². The molecule has 3 aliphatic rings. The number of hydrogen-bond acceptors (Lipinski definition) is 3. The lowest BCUT2D eigenvalue weighted by molar-refractivity contribution is -0.135. The van der Waals surface area contributed by atoms with Crippen molar-refractivity contribution in [2.24, 2.45) is 11.8 Å². The highest BCUT2D eigenvalue weighted by atomic mass is 16.5. The molecule has 2 bridgehead atoms. The fraction of sp³-hybridized carbons (Fsp3) is 0.632. The molecule has 3 atom stereocenters. The van der Waals surface area contributed by atoms with E-state index in [1.165, 1.54) is 25.7 Å². The fourth-order valence-electron chi connectivity index (χ4n) is 4.71. The van der Waals surface area contributed by atoms with Crippen molar-refractivity contribution < 1.29 is 9.53 Å². The molecule has 0 N–H and O–H groups in total. The highest BCUT2D eigenvalue weighted by Crippen LogP contribution is 2.46. The molecule has 1 aromatic carbocycles. The van der Waals surface area contributed by atoms with Crippen molar-refractivity contribution in [1.29, 1.82) is 0 Å². The molecule has 0 radical (unpaired) electrons. The van der Waals surface area contributed by atoms with Crippen molar-refractivity contribution in [3.05, 3.63) is 30.3 Å². The van der Waals surface area contributed by atoms with Crippen LogP contribution >= 0.6 is 0 Å². The number of ether oxygens (including phenoxy) is 1. The molecule has 3 fully saturated rings. The van der Waals surface area contributed by atoms with Crippen molar-refractivity contribution in [3.63, 3.8) is 0 Å². The summed E-state index contributed by atoms with van der Waals surface area (Å²) in [5.41, 5.74) is 0. The minimum atomic E-state index is 0.112. The summed E-state index contributed by atoms with van der Waals surface area (Å²) < 4.78 is 5.58. The maximum absolute atomic E-state index is 12.3. The van der Waals surface area contributed by atoms with Gasteiger partial charge in [-0.05, 0) is 43.2 Å². The van der Waals surface area contributed by atoms with Crippen LogP contribution < -0.4 is 4.74 Å². The van der Waals surface area contributed by atoms with E-state index in [-0.39, 0.29) is 12.5 Å². The van der Waals surface area contributed by atoms with Gasteiger partial charge in [0, 0.05) is 32.2 Å². The monoisotopic (exact) mass is 314 g/mol. The molecule has 4 heteroatoms. The number of carbonyl (C=O) groups excluding carboxylic acids is 1. The molecular formula is C19H26N2O2. The molecule has 4 nitrogen and oxygen atoms in total. The Morgan fingerprint density at radius 2 is 1.83 bits per heavy atom. The van der Waals surface area contributed by atoms with Gasteiger partial charge < -0.3 is 9.64 Å². The van der Waals surface area contributed by atoms with E-state index in [9.17, 15) is 4.79 Å². The second-order valence-corrected chi connectivity index (χ2v) is 7.26. The molecule has 1 aromatic rings. The zero-order valence-corrected chi connectivity index (χ0v) is 13.7. The predicted molar refractivity (Wildman–Crippen MR) is 89.3 cm³/mol. The molecule has 1 saturated heterocycles. The van der Waals surface area contributed by atoms with Crippen LogP contribution in [0.25, 0.3) is 0 Å². The molecular weight excluding hydrogens is 288 g/mol. The van der Waals surface area contributed by atoms with Crippen LogP contribution in [0.15, 0.2) is 30.3 Å². The third kappa shape index (κ3) is 3.23. The van der Waals surface area contributed by atoms with Gasteiger partial charge in [-0.1, -0.05) is 24.6 Å². The summed E-state index contributed by atoms with van der Waals surface area (Å²) in [4.78, 5) is 16.9. The fourth-order valence-corrected chi connectivity index (χ4v) is 4.71. The molecule has 0 unspecified atom stereocenters. The van der Waals surface area contributed by atoms with Crippen LogP contribution in [0.5, 0.6) is 5.75 Å². The minimum Gasteiger partial charge on any atom is -0.484 e. The second kappa shape index (κ2) is 6.52. The second-order valence-electron chi connectivity index (χ2n) is 7.26. The number of para-hydroxylation sites is 1. The molecule has 0 spiro atoms. The lowest BCUT2D eigenvalue weighted by atomic mass is 9.93. The quantitative estimate of drug-likeness (QED) is 0.855. The molecule has 2 saturated carbocycles. The van der Waals surface area contributed by atoms with Crippen molar-refractivity contribution in [2.75, 3.05) is 32.8 Å². The van der Waals surface area contributed by atoms with Gasteiger partial charge in [0.1, 0.15) is 5.75 Å². The Bertz CT molecular complexity index is 540. The largest absolute Gasteiger partial charge is 0.484 e. The number of fused-ring (bicyclic) bond motifs is 2. The summed E-state index contributed by atoms with van der Waals surface area (Å²) >= 11 is 0. The van der Waals surface area contributed by atoms with Gasteiger partial charge >= 0.3 is 0 Å². The van der Waals surface area contributed by atoms with E-state index in [2.05, 4.69) is 4.90 Å². The van der Waals surface area contributed by atoms with Crippen LogP contribution in [0, 0.1) is 11.8 Å². The van der Waals surface area contributed by atoms with E-state index in [0.717, 1.165) is 49.8 Å². The standard InChI is InChI=1S/C19H26N2O2/c22-19(14-23-17-4-2-1-3-5-17)21-10-8-20(9-11-21)18-13-15-6-7-16(18)12-15/h1-5,15-16,18H,6-14H2/t15-,16-,18-/m0/s1. The summed E-state index contributed by atoms with van der Waals surface area (Å²) in [6, 6.07) is 10.4. The number of benzene rings is 1. The van der Waals surface area contributed by atoms with Crippen LogP contribution in [0.4, 0.5) is 0 Å². The van der Waals surface area contributed by atoms with Gasteiger partial charge in [0.15, 0.2) is 6.61 Å². The van der Waals surface area contributed by atoms with E-state index < -0.39 is 0 Å². The van der Waals surface area contributed by atoms with Crippen molar-refractivity contribution >= 4 is 5.91 Å². The SMILES string of the molecule is O=C(COc1ccccc1)N1CCN([C@H]2C[C@H]3CC[C@H]2C3)CC1. The third-order valence-corrected chi connectivity index (χ3v) is 5.94.